The molecule has 0 radical (unpaired) electrons. The minimum atomic E-state index is -0.792. The smallest absolute Gasteiger partial charge is 0.182 e. The fraction of sp³-hybridized carbons (Fsp3) is 0.455. The summed E-state index contributed by atoms with van der Waals surface area (Å²) in [5, 5.41) is 12.0. The largest absolute Gasteiger partial charge is 0.490 e. The molecule has 0 aliphatic heterocycles. The average Bonchev–Trinajstić information content (AvgIpc) is 3.32. The molecule has 1 aliphatic rings. The van der Waals surface area contributed by atoms with Gasteiger partial charge in [0, 0.05) is 16.3 Å². The SMILES string of the molecule is CCCCOc1ccc2c(sc3c(F)c(C(O)C4CCCC4)ccc32)c1F. The third-order valence-corrected chi connectivity index (χ3v) is 6.81. The molecule has 1 atom stereocenters. The Morgan fingerprint density at radius 1 is 1.07 bits per heavy atom. The number of aliphatic hydroxyl groups is 1. The Bertz CT molecular complexity index is 960. The van der Waals surface area contributed by atoms with E-state index in [1.54, 1.807) is 18.2 Å². The molecule has 0 spiro atoms. The van der Waals surface area contributed by atoms with E-state index in [4.69, 9.17) is 4.74 Å². The van der Waals surface area contributed by atoms with Crippen molar-refractivity contribution in [3.8, 4) is 5.75 Å². The Balaban J connectivity index is 1.76. The molecular weight excluding hydrogens is 366 g/mol. The zero-order chi connectivity index (χ0) is 19.0. The van der Waals surface area contributed by atoms with Gasteiger partial charge in [0.2, 0.25) is 0 Å². The zero-order valence-corrected chi connectivity index (χ0v) is 16.2. The molecule has 1 saturated carbocycles. The van der Waals surface area contributed by atoms with E-state index in [0.29, 0.717) is 32.3 Å². The Kier molecular flexibility index (Phi) is 5.33. The lowest BCUT2D eigenvalue weighted by atomic mass is 9.93. The first-order chi connectivity index (χ1) is 13.1. The van der Waals surface area contributed by atoms with Crippen molar-refractivity contribution < 1.29 is 18.6 Å². The number of aliphatic hydroxyl groups excluding tert-OH is 1. The number of ether oxygens (including phenoxy) is 1. The van der Waals surface area contributed by atoms with Gasteiger partial charge in [-0.1, -0.05) is 38.3 Å². The molecule has 1 unspecified atom stereocenters. The number of unbranched alkanes of at least 4 members (excludes halogenated alkanes) is 1. The van der Waals surface area contributed by atoms with Gasteiger partial charge in [0.05, 0.1) is 22.1 Å². The predicted octanol–water partition coefficient (Wildman–Crippen LogP) is 6.74. The second-order valence-electron chi connectivity index (χ2n) is 7.39. The molecule has 0 amide bonds. The number of rotatable bonds is 6. The lowest BCUT2D eigenvalue weighted by molar-refractivity contribution is 0.108. The number of hydrogen-bond acceptors (Lipinski definition) is 3. The van der Waals surface area contributed by atoms with Crippen LogP contribution in [0.4, 0.5) is 8.78 Å². The Labute approximate surface area is 161 Å². The van der Waals surface area contributed by atoms with E-state index in [9.17, 15) is 9.50 Å². The van der Waals surface area contributed by atoms with Crippen molar-refractivity contribution in [2.75, 3.05) is 6.61 Å². The first kappa shape index (κ1) is 18.6. The van der Waals surface area contributed by atoms with Gasteiger partial charge in [-0.05, 0) is 37.3 Å². The maximum Gasteiger partial charge on any atom is 0.182 e. The van der Waals surface area contributed by atoms with Gasteiger partial charge in [0.25, 0.3) is 0 Å². The van der Waals surface area contributed by atoms with E-state index < -0.39 is 17.7 Å². The summed E-state index contributed by atoms with van der Waals surface area (Å²) < 4.78 is 36.4. The molecule has 4 rings (SSSR count). The van der Waals surface area contributed by atoms with E-state index in [0.717, 1.165) is 49.9 Å². The Morgan fingerprint density at radius 3 is 2.44 bits per heavy atom. The van der Waals surface area contributed by atoms with Crippen molar-refractivity contribution in [2.24, 2.45) is 5.92 Å². The van der Waals surface area contributed by atoms with Crippen molar-refractivity contribution >= 4 is 31.5 Å². The lowest BCUT2D eigenvalue weighted by Crippen LogP contribution is -2.10. The normalized spacial score (nSPS) is 16.4. The molecule has 27 heavy (non-hydrogen) atoms. The van der Waals surface area contributed by atoms with Crippen LogP contribution in [-0.4, -0.2) is 11.7 Å². The van der Waals surface area contributed by atoms with Crippen molar-refractivity contribution in [3.05, 3.63) is 41.5 Å². The highest BCUT2D eigenvalue weighted by Crippen LogP contribution is 2.43. The molecule has 3 aromatic rings. The quantitative estimate of drug-likeness (QED) is 0.473. The van der Waals surface area contributed by atoms with Gasteiger partial charge in [-0.25, -0.2) is 8.78 Å². The predicted molar refractivity (Wildman–Crippen MR) is 107 cm³/mol. The van der Waals surface area contributed by atoms with Crippen molar-refractivity contribution in [3.63, 3.8) is 0 Å². The van der Waals surface area contributed by atoms with Crippen LogP contribution in [0.3, 0.4) is 0 Å². The fourth-order valence-corrected chi connectivity index (χ4v) is 5.21. The van der Waals surface area contributed by atoms with Crippen molar-refractivity contribution in [1.82, 2.24) is 0 Å². The third kappa shape index (κ3) is 3.32. The van der Waals surface area contributed by atoms with Crippen LogP contribution in [0.1, 0.15) is 57.1 Å². The number of halogens is 2. The van der Waals surface area contributed by atoms with Gasteiger partial charge >= 0.3 is 0 Å². The maximum atomic E-state index is 15.2. The van der Waals surface area contributed by atoms with Crippen LogP contribution in [0.15, 0.2) is 24.3 Å². The molecule has 1 aliphatic carbocycles. The summed E-state index contributed by atoms with van der Waals surface area (Å²) in [7, 11) is 0. The second kappa shape index (κ2) is 7.72. The zero-order valence-electron chi connectivity index (χ0n) is 15.4. The molecular formula is C22H24F2O2S. The minimum Gasteiger partial charge on any atom is -0.490 e. The van der Waals surface area contributed by atoms with Crippen LogP contribution in [0.2, 0.25) is 0 Å². The highest BCUT2D eigenvalue weighted by Gasteiger charge is 2.28. The topological polar surface area (TPSA) is 29.5 Å². The molecule has 1 heterocycles. The van der Waals surface area contributed by atoms with E-state index in [1.165, 1.54) is 0 Å². The first-order valence-corrected chi connectivity index (χ1v) is 10.6. The van der Waals surface area contributed by atoms with Gasteiger partial charge in [0.1, 0.15) is 5.82 Å². The van der Waals surface area contributed by atoms with Gasteiger partial charge < -0.3 is 9.84 Å². The standard InChI is InChI=1S/C22H24F2O2S/c1-2-3-12-26-17-11-10-15-14-8-9-16(20(25)13-6-4-5-7-13)18(23)21(14)27-22(15)19(17)24/h8-11,13,20,25H,2-7,12H2,1H3. The summed E-state index contributed by atoms with van der Waals surface area (Å²) in [6.07, 6.45) is 5.07. The molecule has 1 aromatic heterocycles. The third-order valence-electron chi connectivity index (χ3n) is 5.60. The number of fused-ring (bicyclic) bond motifs is 3. The van der Waals surface area contributed by atoms with Gasteiger partial charge in [-0.15, -0.1) is 11.3 Å². The molecule has 1 fully saturated rings. The highest BCUT2D eigenvalue weighted by atomic mass is 32.1. The van der Waals surface area contributed by atoms with E-state index >= 15 is 4.39 Å². The van der Waals surface area contributed by atoms with Gasteiger partial charge in [-0.3, -0.25) is 0 Å². The van der Waals surface area contributed by atoms with E-state index in [-0.39, 0.29) is 11.7 Å². The summed E-state index contributed by atoms with van der Waals surface area (Å²) >= 11 is 1.10. The second-order valence-corrected chi connectivity index (χ2v) is 8.41. The lowest BCUT2D eigenvalue weighted by Gasteiger charge is -2.18. The monoisotopic (exact) mass is 390 g/mol. The van der Waals surface area contributed by atoms with Crippen LogP contribution in [0.5, 0.6) is 5.75 Å². The number of benzene rings is 2. The number of thiophene rings is 1. The van der Waals surface area contributed by atoms with Gasteiger partial charge in [-0.2, -0.15) is 0 Å². The summed E-state index contributed by atoms with van der Waals surface area (Å²) in [5.74, 6) is -0.515. The average molecular weight is 390 g/mol. The van der Waals surface area contributed by atoms with E-state index in [2.05, 4.69) is 6.92 Å². The van der Waals surface area contributed by atoms with Crippen LogP contribution < -0.4 is 4.74 Å². The molecule has 2 aromatic carbocycles. The maximum absolute atomic E-state index is 15.2. The van der Waals surface area contributed by atoms with Gasteiger partial charge in [0.15, 0.2) is 11.6 Å². The first-order valence-electron chi connectivity index (χ1n) is 9.75. The summed E-state index contributed by atoms with van der Waals surface area (Å²) in [4.78, 5) is 0. The Morgan fingerprint density at radius 2 is 1.74 bits per heavy atom. The molecule has 5 heteroatoms. The summed E-state index contributed by atoms with van der Waals surface area (Å²) in [6, 6.07) is 6.89. The highest BCUT2D eigenvalue weighted by molar-refractivity contribution is 7.25. The minimum absolute atomic E-state index is 0.113. The molecule has 0 saturated heterocycles. The summed E-state index contributed by atoms with van der Waals surface area (Å²) in [5.41, 5.74) is 0.334. The molecule has 1 N–H and O–H groups in total. The fourth-order valence-electron chi connectivity index (χ4n) is 4.03. The van der Waals surface area contributed by atoms with Crippen LogP contribution >= 0.6 is 11.3 Å². The van der Waals surface area contributed by atoms with Crippen LogP contribution in [-0.2, 0) is 0 Å². The van der Waals surface area contributed by atoms with E-state index in [1.807, 2.05) is 6.07 Å². The Hall–Kier alpha value is -1.72. The summed E-state index contributed by atoms with van der Waals surface area (Å²) in [6.45, 7) is 2.52. The molecule has 0 bridgehead atoms. The molecule has 2 nitrogen and oxygen atoms in total. The van der Waals surface area contributed by atoms with Crippen molar-refractivity contribution in [1.29, 1.82) is 0 Å². The molecule has 144 valence electrons. The van der Waals surface area contributed by atoms with Crippen LogP contribution in [0, 0.1) is 17.6 Å². The van der Waals surface area contributed by atoms with Crippen molar-refractivity contribution in [2.45, 2.75) is 51.6 Å². The van der Waals surface area contributed by atoms with Crippen LogP contribution in [0.25, 0.3) is 20.2 Å². The number of hydrogen-bond donors (Lipinski definition) is 1.